The molecule has 4 rings (SSSR count). The molecular weight excluding hydrogens is 384 g/mol. The number of hydrogen-bond acceptors (Lipinski definition) is 2. The van der Waals surface area contributed by atoms with E-state index in [2.05, 4.69) is 0 Å². The lowest BCUT2D eigenvalue weighted by Crippen LogP contribution is -2.47. The van der Waals surface area contributed by atoms with Crippen LogP contribution in [-0.4, -0.2) is 17.9 Å². The van der Waals surface area contributed by atoms with Gasteiger partial charge in [0.1, 0.15) is 0 Å². The Labute approximate surface area is 183 Å². The molecule has 4 nitrogen and oxygen atoms in total. The van der Waals surface area contributed by atoms with E-state index in [1.165, 1.54) is 0 Å². The molecule has 1 heterocycles. The highest BCUT2D eigenvalue weighted by atomic mass is 16.2. The van der Waals surface area contributed by atoms with E-state index in [1.807, 2.05) is 108 Å². The molecule has 3 aromatic carbocycles. The number of fused-ring (bicyclic) bond motifs is 1. The predicted octanol–water partition coefficient (Wildman–Crippen LogP) is 5.62. The van der Waals surface area contributed by atoms with Crippen molar-refractivity contribution in [1.82, 2.24) is 0 Å². The average molecular weight is 411 g/mol. The summed E-state index contributed by atoms with van der Waals surface area (Å²) >= 11 is 0. The second-order valence-electron chi connectivity index (χ2n) is 7.84. The number of benzene rings is 3. The van der Waals surface area contributed by atoms with E-state index in [1.54, 1.807) is 13.0 Å². The van der Waals surface area contributed by atoms with E-state index < -0.39 is 0 Å². The molecule has 31 heavy (non-hydrogen) atoms. The molecule has 3 aromatic rings. The minimum absolute atomic E-state index is 0.0121. The summed E-state index contributed by atoms with van der Waals surface area (Å²) in [6.07, 6.45) is 4.13. The van der Waals surface area contributed by atoms with Gasteiger partial charge in [-0.25, -0.2) is 0 Å². The largest absolute Gasteiger partial charge is 0.306 e. The predicted molar refractivity (Wildman–Crippen MR) is 126 cm³/mol. The maximum absolute atomic E-state index is 13.2. The molecule has 0 fully saturated rings. The van der Waals surface area contributed by atoms with Crippen LogP contribution in [0.2, 0.25) is 0 Å². The van der Waals surface area contributed by atoms with Crippen LogP contribution in [0.25, 0.3) is 6.08 Å². The van der Waals surface area contributed by atoms with E-state index in [0.29, 0.717) is 6.42 Å². The highest BCUT2D eigenvalue weighted by Crippen LogP contribution is 2.42. The Kier molecular flexibility index (Phi) is 5.99. The zero-order valence-electron chi connectivity index (χ0n) is 17.8. The molecule has 1 aliphatic heterocycles. The van der Waals surface area contributed by atoms with Crippen molar-refractivity contribution < 1.29 is 9.59 Å². The lowest BCUT2D eigenvalue weighted by atomic mass is 9.89. The van der Waals surface area contributed by atoms with Crippen molar-refractivity contribution in [1.29, 1.82) is 0 Å². The van der Waals surface area contributed by atoms with Crippen molar-refractivity contribution in [2.75, 3.05) is 9.80 Å². The highest BCUT2D eigenvalue weighted by Gasteiger charge is 2.37. The molecule has 0 aromatic heterocycles. The topological polar surface area (TPSA) is 40.6 Å². The third-order valence-corrected chi connectivity index (χ3v) is 5.70. The van der Waals surface area contributed by atoms with Crippen molar-refractivity contribution in [3.63, 3.8) is 0 Å². The highest BCUT2D eigenvalue weighted by molar-refractivity contribution is 6.05. The number of carbonyl (C=O) groups excluding carboxylic acids is 2. The number of carbonyl (C=O) groups is 2. The standard InChI is InChI=1S/C27H26N2O2/c1-20-19-26(29(21(2)30)23-13-7-4-8-14-23)24-15-9-10-16-25(24)28(20)27(31)18-17-22-11-5-3-6-12-22/h3-18,20,26H,19H2,1-2H3/b18-17+/t20-,26+/m0/s1. The summed E-state index contributed by atoms with van der Waals surface area (Å²) in [6.45, 7) is 3.64. The van der Waals surface area contributed by atoms with E-state index >= 15 is 0 Å². The third-order valence-electron chi connectivity index (χ3n) is 5.70. The van der Waals surface area contributed by atoms with E-state index in [4.69, 9.17) is 0 Å². The maximum atomic E-state index is 13.2. The summed E-state index contributed by atoms with van der Waals surface area (Å²) < 4.78 is 0. The Hall–Kier alpha value is -3.66. The van der Waals surface area contributed by atoms with Gasteiger partial charge in [0, 0.05) is 30.4 Å². The molecule has 0 aliphatic carbocycles. The Bertz CT molecular complexity index is 1090. The number of anilines is 2. The molecule has 0 spiro atoms. The average Bonchev–Trinajstić information content (AvgIpc) is 2.79. The molecule has 156 valence electrons. The van der Waals surface area contributed by atoms with Gasteiger partial charge in [0.05, 0.1) is 6.04 Å². The molecule has 0 bridgehead atoms. The summed E-state index contributed by atoms with van der Waals surface area (Å²) in [5.74, 6) is -0.0710. The zero-order chi connectivity index (χ0) is 21.8. The first-order chi connectivity index (χ1) is 15.1. The molecule has 0 saturated carbocycles. The van der Waals surface area contributed by atoms with Gasteiger partial charge >= 0.3 is 0 Å². The van der Waals surface area contributed by atoms with Crippen molar-refractivity contribution in [3.8, 4) is 0 Å². The summed E-state index contributed by atoms with van der Waals surface area (Å²) in [5.41, 5.74) is 3.70. The lowest BCUT2D eigenvalue weighted by Gasteiger charge is -2.43. The van der Waals surface area contributed by atoms with Crippen LogP contribution in [0.4, 0.5) is 11.4 Å². The van der Waals surface area contributed by atoms with Crippen LogP contribution in [0, 0.1) is 0 Å². The zero-order valence-corrected chi connectivity index (χ0v) is 17.8. The first-order valence-corrected chi connectivity index (χ1v) is 10.6. The van der Waals surface area contributed by atoms with Crippen molar-refractivity contribution in [3.05, 3.63) is 102 Å². The summed E-state index contributed by atoms with van der Waals surface area (Å²) in [5, 5.41) is 0. The summed E-state index contributed by atoms with van der Waals surface area (Å²) in [6, 6.07) is 27.2. The van der Waals surface area contributed by atoms with Gasteiger partial charge in [0.25, 0.3) is 5.91 Å². The van der Waals surface area contributed by atoms with Crippen molar-refractivity contribution >= 4 is 29.3 Å². The Balaban J connectivity index is 1.70. The van der Waals surface area contributed by atoms with Gasteiger partial charge in [-0.1, -0.05) is 66.7 Å². The lowest BCUT2D eigenvalue weighted by molar-refractivity contribution is -0.117. The van der Waals surface area contributed by atoms with Crippen LogP contribution < -0.4 is 9.80 Å². The van der Waals surface area contributed by atoms with Gasteiger partial charge in [-0.05, 0) is 48.7 Å². The molecule has 1 aliphatic rings. The number of hydrogen-bond donors (Lipinski definition) is 0. The molecule has 2 atom stereocenters. The second-order valence-corrected chi connectivity index (χ2v) is 7.84. The second kappa shape index (κ2) is 9.00. The first-order valence-electron chi connectivity index (χ1n) is 10.6. The molecule has 0 saturated heterocycles. The minimum atomic E-state index is -0.131. The van der Waals surface area contributed by atoms with E-state index in [0.717, 1.165) is 22.5 Å². The fourth-order valence-corrected chi connectivity index (χ4v) is 4.34. The SMILES string of the molecule is CC(=O)N(c1ccccc1)[C@@H]1C[C@H](C)N(C(=O)/C=C/c2ccccc2)c2ccccc21. The van der Waals surface area contributed by atoms with Crippen LogP contribution in [0.3, 0.4) is 0 Å². The number of rotatable bonds is 4. The smallest absolute Gasteiger partial charge is 0.251 e. The van der Waals surface area contributed by atoms with Gasteiger partial charge in [-0.3, -0.25) is 9.59 Å². The van der Waals surface area contributed by atoms with Crippen LogP contribution in [0.15, 0.2) is 91.0 Å². The first kappa shape index (κ1) is 20.6. The van der Waals surface area contributed by atoms with Gasteiger partial charge < -0.3 is 9.80 Å². The van der Waals surface area contributed by atoms with Crippen LogP contribution >= 0.6 is 0 Å². The van der Waals surface area contributed by atoms with E-state index in [9.17, 15) is 9.59 Å². The molecule has 2 amide bonds. The van der Waals surface area contributed by atoms with E-state index in [-0.39, 0.29) is 23.9 Å². The van der Waals surface area contributed by atoms with Gasteiger partial charge in [0.2, 0.25) is 5.91 Å². The summed E-state index contributed by atoms with van der Waals surface area (Å²) in [4.78, 5) is 29.5. The van der Waals surface area contributed by atoms with Gasteiger partial charge in [-0.15, -0.1) is 0 Å². The van der Waals surface area contributed by atoms with Crippen LogP contribution in [-0.2, 0) is 9.59 Å². The number of nitrogens with zero attached hydrogens (tertiary/aromatic N) is 2. The molecule has 0 unspecified atom stereocenters. The molecule has 0 N–H and O–H groups in total. The fourth-order valence-electron chi connectivity index (χ4n) is 4.34. The Morgan fingerprint density at radius 1 is 0.903 bits per heavy atom. The normalized spacial score (nSPS) is 17.9. The monoisotopic (exact) mass is 410 g/mol. The van der Waals surface area contributed by atoms with Gasteiger partial charge in [0.15, 0.2) is 0 Å². The number of para-hydroxylation sites is 2. The Morgan fingerprint density at radius 2 is 1.52 bits per heavy atom. The van der Waals surface area contributed by atoms with Gasteiger partial charge in [-0.2, -0.15) is 0 Å². The summed E-state index contributed by atoms with van der Waals surface area (Å²) in [7, 11) is 0. The van der Waals surface area contributed by atoms with Crippen molar-refractivity contribution in [2.24, 2.45) is 0 Å². The van der Waals surface area contributed by atoms with Crippen LogP contribution in [0.1, 0.15) is 37.4 Å². The molecule has 4 heteroatoms. The quantitative estimate of drug-likeness (QED) is 0.524. The third kappa shape index (κ3) is 4.29. The minimum Gasteiger partial charge on any atom is -0.306 e. The molecule has 0 radical (unpaired) electrons. The fraction of sp³-hybridized carbons (Fsp3) is 0.185. The van der Waals surface area contributed by atoms with Crippen molar-refractivity contribution in [2.45, 2.75) is 32.4 Å². The number of amides is 2. The van der Waals surface area contributed by atoms with Crippen LogP contribution in [0.5, 0.6) is 0 Å². The maximum Gasteiger partial charge on any atom is 0.251 e. The Morgan fingerprint density at radius 3 is 2.19 bits per heavy atom. The molecular formula is C27H26N2O2.